The number of halogens is 1. The van der Waals surface area contributed by atoms with Crippen molar-refractivity contribution < 1.29 is 9.53 Å². The predicted molar refractivity (Wildman–Crippen MR) is 67.7 cm³/mol. The van der Waals surface area contributed by atoms with Crippen molar-refractivity contribution in [3.05, 3.63) is 28.2 Å². The standard InChI is InChI=1S/C12H16BrNO2/c1-3-6-14-12(15)8-16-10-4-5-11(13)9(2)7-10/h4-5,7H,3,6,8H2,1-2H3,(H,14,15). The van der Waals surface area contributed by atoms with Gasteiger partial charge in [0.05, 0.1) is 0 Å². The van der Waals surface area contributed by atoms with Crippen LogP contribution < -0.4 is 10.1 Å². The normalized spacial score (nSPS) is 9.94. The Hall–Kier alpha value is -1.03. The molecule has 0 radical (unpaired) electrons. The molecule has 1 N–H and O–H groups in total. The molecule has 0 unspecified atom stereocenters. The lowest BCUT2D eigenvalue weighted by Crippen LogP contribution is -2.29. The van der Waals surface area contributed by atoms with E-state index in [1.54, 1.807) is 0 Å². The van der Waals surface area contributed by atoms with Crippen LogP contribution >= 0.6 is 15.9 Å². The summed E-state index contributed by atoms with van der Waals surface area (Å²) in [4.78, 5) is 11.3. The molecule has 0 spiro atoms. The Morgan fingerprint density at radius 2 is 2.25 bits per heavy atom. The topological polar surface area (TPSA) is 38.3 Å². The van der Waals surface area contributed by atoms with Gasteiger partial charge in [-0.05, 0) is 37.1 Å². The monoisotopic (exact) mass is 285 g/mol. The van der Waals surface area contributed by atoms with E-state index in [0.717, 1.165) is 16.5 Å². The summed E-state index contributed by atoms with van der Waals surface area (Å²) in [5, 5.41) is 2.76. The molecule has 0 aliphatic rings. The summed E-state index contributed by atoms with van der Waals surface area (Å²) in [6, 6.07) is 5.65. The second-order valence-corrected chi connectivity index (χ2v) is 4.40. The Morgan fingerprint density at radius 3 is 2.88 bits per heavy atom. The Morgan fingerprint density at radius 1 is 1.50 bits per heavy atom. The minimum Gasteiger partial charge on any atom is -0.484 e. The zero-order chi connectivity index (χ0) is 12.0. The Bertz CT molecular complexity index is 366. The highest BCUT2D eigenvalue weighted by Crippen LogP contribution is 2.21. The van der Waals surface area contributed by atoms with Crippen molar-refractivity contribution in [2.45, 2.75) is 20.3 Å². The van der Waals surface area contributed by atoms with E-state index in [-0.39, 0.29) is 12.5 Å². The molecule has 0 saturated carbocycles. The number of hydrogen-bond acceptors (Lipinski definition) is 2. The van der Waals surface area contributed by atoms with Gasteiger partial charge >= 0.3 is 0 Å². The van der Waals surface area contributed by atoms with Gasteiger partial charge in [0.15, 0.2) is 6.61 Å². The van der Waals surface area contributed by atoms with Gasteiger partial charge < -0.3 is 10.1 Å². The van der Waals surface area contributed by atoms with E-state index >= 15 is 0 Å². The first-order chi connectivity index (χ1) is 7.63. The van der Waals surface area contributed by atoms with Crippen molar-refractivity contribution in [2.75, 3.05) is 13.2 Å². The largest absolute Gasteiger partial charge is 0.484 e. The molecule has 0 fully saturated rings. The van der Waals surface area contributed by atoms with Crippen LogP contribution in [0, 0.1) is 6.92 Å². The number of hydrogen-bond donors (Lipinski definition) is 1. The molecule has 0 aliphatic heterocycles. The third-order valence-corrected chi connectivity index (χ3v) is 2.96. The minimum atomic E-state index is -0.0811. The second-order valence-electron chi connectivity index (χ2n) is 3.55. The van der Waals surface area contributed by atoms with E-state index in [1.165, 1.54) is 0 Å². The molecule has 0 bridgehead atoms. The summed E-state index contributed by atoms with van der Waals surface area (Å²) in [5.41, 5.74) is 1.09. The first kappa shape index (κ1) is 13.0. The highest BCUT2D eigenvalue weighted by molar-refractivity contribution is 9.10. The molecule has 0 atom stereocenters. The molecule has 1 aromatic carbocycles. The summed E-state index contributed by atoms with van der Waals surface area (Å²) < 4.78 is 6.41. The van der Waals surface area contributed by atoms with Gasteiger partial charge in [0.25, 0.3) is 5.91 Å². The molecule has 1 rings (SSSR count). The lowest BCUT2D eigenvalue weighted by Gasteiger charge is -2.07. The van der Waals surface area contributed by atoms with Crippen LogP contribution in [-0.4, -0.2) is 19.1 Å². The van der Waals surface area contributed by atoms with Crippen molar-refractivity contribution in [1.82, 2.24) is 5.32 Å². The SMILES string of the molecule is CCCNC(=O)COc1ccc(Br)c(C)c1. The number of carbonyl (C=O) groups is 1. The van der Waals surface area contributed by atoms with Crippen LogP contribution in [0.4, 0.5) is 0 Å². The smallest absolute Gasteiger partial charge is 0.257 e. The molecule has 3 nitrogen and oxygen atoms in total. The number of ether oxygens (including phenoxy) is 1. The van der Waals surface area contributed by atoms with Crippen LogP contribution in [0.5, 0.6) is 5.75 Å². The Labute approximate surface area is 104 Å². The summed E-state index contributed by atoms with van der Waals surface area (Å²) in [6.45, 7) is 4.76. The van der Waals surface area contributed by atoms with Crippen LogP contribution in [0.25, 0.3) is 0 Å². The summed E-state index contributed by atoms with van der Waals surface area (Å²) in [5.74, 6) is 0.634. The van der Waals surface area contributed by atoms with Crippen LogP contribution in [0.15, 0.2) is 22.7 Å². The fourth-order valence-electron chi connectivity index (χ4n) is 1.17. The molecule has 0 heterocycles. The quantitative estimate of drug-likeness (QED) is 0.903. The lowest BCUT2D eigenvalue weighted by atomic mass is 10.2. The second kappa shape index (κ2) is 6.53. The van der Waals surface area contributed by atoms with E-state index in [9.17, 15) is 4.79 Å². The van der Waals surface area contributed by atoms with E-state index in [1.807, 2.05) is 32.0 Å². The first-order valence-corrected chi connectivity index (χ1v) is 6.08. The van der Waals surface area contributed by atoms with Crippen LogP contribution in [0.1, 0.15) is 18.9 Å². The zero-order valence-electron chi connectivity index (χ0n) is 9.55. The van der Waals surface area contributed by atoms with Crippen LogP contribution in [0.2, 0.25) is 0 Å². The van der Waals surface area contributed by atoms with Gasteiger partial charge in [0.2, 0.25) is 0 Å². The molecular weight excluding hydrogens is 270 g/mol. The fraction of sp³-hybridized carbons (Fsp3) is 0.417. The van der Waals surface area contributed by atoms with E-state index in [0.29, 0.717) is 12.3 Å². The van der Waals surface area contributed by atoms with Crippen LogP contribution in [-0.2, 0) is 4.79 Å². The van der Waals surface area contributed by atoms with Gasteiger partial charge in [0, 0.05) is 11.0 Å². The third-order valence-electron chi connectivity index (χ3n) is 2.07. The van der Waals surface area contributed by atoms with E-state index < -0.39 is 0 Å². The van der Waals surface area contributed by atoms with Crippen molar-refractivity contribution in [1.29, 1.82) is 0 Å². The van der Waals surface area contributed by atoms with Gasteiger partial charge in [-0.15, -0.1) is 0 Å². The molecular formula is C12H16BrNO2. The van der Waals surface area contributed by atoms with E-state index in [4.69, 9.17) is 4.74 Å². The number of amides is 1. The van der Waals surface area contributed by atoms with Crippen molar-refractivity contribution >= 4 is 21.8 Å². The average Bonchev–Trinajstić information content (AvgIpc) is 2.28. The van der Waals surface area contributed by atoms with Gasteiger partial charge in [-0.2, -0.15) is 0 Å². The molecule has 0 aliphatic carbocycles. The molecule has 16 heavy (non-hydrogen) atoms. The van der Waals surface area contributed by atoms with Gasteiger partial charge in [-0.25, -0.2) is 0 Å². The summed E-state index contributed by atoms with van der Waals surface area (Å²) in [6.07, 6.45) is 0.934. The van der Waals surface area contributed by atoms with Gasteiger partial charge in [-0.1, -0.05) is 22.9 Å². The Kier molecular flexibility index (Phi) is 5.32. The fourth-order valence-corrected chi connectivity index (χ4v) is 1.42. The molecule has 0 aromatic heterocycles. The molecule has 0 saturated heterocycles. The summed E-state index contributed by atoms with van der Waals surface area (Å²) in [7, 11) is 0. The van der Waals surface area contributed by atoms with E-state index in [2.05, 4.69) is 21.2 Å². The van der Waals surface area contributed by atoms with Crippen molar-refractivity contribution in [3.8, 4) is 5.75 Å². The maximum atomic E-state index is 11.3. The molecule has 4 heteroatoms. The van der Waals surface area contributed by atoms with Gasteiger partial charge in [-0.3, -0.25) is 4.79 Å². The number of benzene rings is 1. The van der Waals surface area contributed by atoms with Crippen molar-refractivity contribution in [3.63, 3.8) is 0 Å². The predicted octanol–water partition coefficient (Wildman–Crippen LogP) is 2.66. The lowest BCUT2D eigenvalue weighted by molar-refractivity contribution is -0.123. The highest BCUT2D eigenvalue weighted by Gasteiger charge is 2.02. The summed E-state index contributed by atoms with van der Waals surface area (Å²) >= 11 is 3.41. The third kappa shape index (κ3) is 4.23. The number of carbonyl (C=O) groups excluding carboxylic acids is 1. The Balaban J connectivity index is 2.42. The van der Waals surface area contributed by atoms with Gasteiger partial charge in [0.1, 0.15) is 5.75 Å². The molecule has 1 amide bonds. The molecule has 88 valence electrons. The average molecular weight is 286 g/mol. The number of aryl methyl sites for hydroxylation is 1. The minimum absolute atomic E-state index is 0.0705. The number of nitrogens with one attached hydrogen (secondary N) is 1. The van der Waals surface area contributed by atoms with Crippen molar-refractivity contribution in [2.24, 2.45) is 0 Å². The van der Waals surface area contributed by atoms with Crippen LogP contribution in [0.3, 0.4) is 0 Å². The number of rotatable bonds is 5. The molecule has 1 aromatic rings. The maximum Gasteiger partial charge on any atom is 0.257 e. The highest BCUT2D eigenvalue weighted by atomic mass is 79.9. The first-order valence-electron chi connectivity index (χ1n) is 5.29. The zero-order valence-corrected chi connectivity index (χ0v) is 11.1. The maximum absolute atomic E-state index is 11.3.